The number of ether oxygens (including phenoxy) is 3. The lowest BCUT2D eigenvalue weighted by molar-refractivity contribution is -0.167. The molecule has 0 saturated carbocycles. The molecule has 0 aromatic rings. The van der Waals surface area contributed by atoms with Crippen LogP contribution in [0.1, 0.15) is 265 Å². The first-order chi connectivity index (χ1) is 33.0. The number of rotatable bonds is 50. The van der Waals surface area contributed by atoms with Crippen molar-refractivity contribution in [3.8, 4) is 0 Å². The predicted octanol–water partition coefficient (Wildman–Crippen LogP) is 18.8. The van der Waals surface area contributed by atoms with E-state index in [1.807, 2.05) is 0 Å². The topological polar surface area (TPSA) is 78.9 Å². The van der Waals surface area contributed by atoms with Gasteiger partial charge in [0.1, 0.15) is 13.2 Å². The van der Waals surface area contributed by atoms with Gasteiger partial charge >= 0.3 is 17.9 Å². The molecule has 0 N–H and O–H groups in total. The molecular weight excluding hydrogens is 829 g/mol. The molecule has 0 fully saturated rings. The molecule has 0 radical (unpaired) electrons. The Bertz CT molecular complexity index is 1300. The zero-order chi connectivity index (χ0) is 48.6. The molecule has 0 rings (SSSR count). The fourth-order valence-corrected chi connectivity index (χ4v) is 7.68. The maximum Gasteiger partial charge on any atom is 0.306 e. The van der Waals surface area contributed by atoms with Crippen LogP contribution in [-0.4, -0.2) is 37.2 Å². The Hall–Kier alpha value is -3.41. The lowest BCUT2D eigenvalue weighted by atomic mass is 10.0. The second-order valence-corrected chi connectivity index (χ2v) is 18.5. The van der Waals surface area contributed by atoms with E-state index in [2.05, 4.69) is 106 Å². The highest BCUT2D eigenvalue weighted by molar-refractivity contribution is 5.71. The Morgan fingerprint density at radius 3 is 0.955 bits per heavy atom. The van der Waals surface area contributed by atoms with E-state index in [0.717, 1.165) is 109 Å². The van der Waals surface area contributed by atoms with Gasteiger partial charge in [0, 0.05) is 19.3 Å². The third-order valence-corrected chi connectivity index (χ3v) is 11.9. The molecule has 0 bridgehead atoms. The number of esters is 3. The van der Waals surface area contributed by atoms with Crippen molar-refractivity contribution in [3.05, 3.63) is 85.1 Å². The lowest BCUT2D eigenvalue weighted by Crippen LogP contribution is -2.30. The smallest absolute Gasteiger partial charge is 0.306 e. The SMILES string of the molecule is CC/C=C\C/C=C\C/C=C\C/C=C\C/C=C\CCCCCC(=O)OC[C@@H](COC(=O)CCCCCCCCCCCCCCC)OC(=O)CCCCCCCCC/C=C\C/C=C\CCCCC. The minimum Gasteiger partial charge on any atom is -0.462 e. The third-order valence-electron chi connectivity index (χ3n) is 11.9. The second kappa shape index (κ2) is 55.2. The third kappa shape index (κ3) is 53.4. The molecule has 0 heterocycles. The maximum absolute atomic E-state index is 12.8. The number of unbranched alkanes of at least 4 members (excludes halogenated alkanes) is 25. The van der Waals surface area contributed by atoms with Crippen molar-refractivity contribution in [2.75, 3.05) is 13.2 Å². The van der Waals surface area contributed by atoms with Gasteiger partial charge in [0.25, 0.3) is 0 Å². The van der Waals surface area contributed by atoms with E-state index in [-0.39, 0.29) is 31.1 Å². The average molecular weight is 933 g/mol. The summed E-state index contributed by atoms with van der Waals surface area (Å²) in [7, 11) is 0. The van der Waals surface area contributed by atoms with Crippen molar-refractivity contribution in [2.45, 2.75) is 271 Å². The molecule has 6 heteroatoms. The summed E-state index contributed by atoms with van der Waals surface area (Å²) in [6, 6.07) is 0. The summed E-state index contributed by atoms with van der Waals surface area (Å²) in [6.45, 7) is 6.48. The highest BCUT2D eigenvalue weighted by Crippen LogP contribution is 2.15. The van der Waals surface area contributed by atoms with E-state index in [1.54, 1.807) is 0 Å². The largest absolute Gasteiger partial charge is 0.462 e. The summed E-state index contributed by atoms with van der Waals surface area (Å²) in [5.41, 5.74) is 0. The van der Waals surface area contributed by atoms with E-state index in [0.29, 0.717) is 19.3 Å². The van der Waals surface area contributed by atoms with E-state index >= 15 is 0 Å². The van der Waals surface area contributed by atoms with Crippen LogP contribution < -0.4 is 0 Å². The normalized spacial score (nSPS) is 12.7. The molecule has 6 nitrogen and oxygen atoms in total. The molecule has 0 aromatic heterocycles. The maximum atomic E-state index is 12.8. The van der Waals surface area contributed by atoms with Gasteiger partial charge in [-0.2, -0.15) is 0 Å². The van der Waals surface area contributed by atoms with Crippen LogP contribution in [0.4, 0.5) is 0 Å². The first-order valence-electron chi connectivity index (χ1n) is 28.1. The van der Waals surface area contributed by atoms with Gasteiger partial charge in [0.05, 0.1) is 0 Å². The molecular formula is C61H104O6. The van der Waals surface area contributed by atoms with Crippen molar-refractivity contribution < 1.29 is 28.6 Å². The molecule has 67 heavy (non-hydrogen) atoms. The highest BCUT2D eigenvalue weighted by Gasteiger charge is 2.19. The van der Waals surface area contributed by atoms with Crippen molar-refractivity contribution >= 4 is 17.9 Å². The van der Waals surface area contributed by atoms with Gasteiger partial charge in [0.2, 0.25) is 0 Å². The molecule has 1 atom stereocenters. The van der Waals surface area contributed by atoms with Crippen LogP contribution in [0.2, 0.25) is 0 Å². The van der Waals surface area contributed by atoms with Gasteiger partial charge in [0.15, 0.2) is 6.10 Å². The summed E-state index contributed by atoms with van der Waals surface area (Å²) >= 11 is 0. The fourth-order valence-electron chi connectivity index (χ4n) is 7.68. The Kier molecular flexibility index (Phi) is 52.4. The Balaban J connectivity index is 4.45. The average Bonchev–Trinajstić information content (AvgIpc) is 3.33. The number of hydrogen-bond donors (Lipinski definition) is 0. The molecule has 0 spiro atoms. The van der Waals surface area contributed by atoms with Gasteiger partial charge in [-0.05, 0) is 96.3 Å². The Morgan fingerprint density at radius 2 is 0.582 bits per heavy atom. The second-order valence-electron chi connectivity index (χ2n) is 18.5. The highest BCUT2D eigenvalue weighted by atomic mass is 16.6. The van der Waals surface area contributed by atoms with Crippen molar-refractivity contribution in [3.63, 3.8) is 0 Å². The van der Waals surface area contributed by atoms with Crippen molar-refractivity contribution in [2.24, 2.45) is 0 Å². The minimum atomic E-state index is -0.793. The van der Waals surface area contributed by atoms with Crippen molar-refractivity contribution in [1.29, 1.82) is 0 Å². The van der Waals surface area contributed by atoms with Crippen LogP contribution in [0.3, 0.4) is 0 Å². The monoisotopic (exact) mass is 933 g/mol. The number of carbonyl (C=O) groups is 3. The number of carbonyl (C=O) groups excluding carboxylic acids is 3. The molecule has 0 aliphatic rings. The Morgan fingerprint density at radius 1 is 0.313 bits per heavy atom. The lowest BCUT2D eigenvalue weighted by Gasteiger charge is -2.18. The van der Waals surface area contributed by atoms with Crippen molar-refractivity contribution in [1.82, 2.24) is 0 Å². The van der Waals surface area contributed by atoms with E-state index in [1.165, 1.54) is 116 Å². The van der Waals surface area contributed by atoms with Crippen LogP contribution in [0.5, 0.6) is 0 Å². The quantitative estimate of drug-likeness (QED) is 0.0262. The van der Waals surface area contributed by atoms with Crippen LogP contribution in [0, 0.1) is 0 Å². The molecule has 0 amide bonds. The zero-order valence-electron chi connectivity index (χ0n) is 43.9. The number of allylic oxidation sites excluding steroid dienone is 14. The minimum absolute atomic E-state index is 0.0888. The molecule has 0 saturated heterocycles. The van der Waals surface area contributed by atoms with Gasteiger partial charge in [-0.15, -0.1) is 0 Å². The van der Waals surface area contributed by atoms with Gasteiger partial charge in [-0.1, -0.05) is 234 Å². The molecule has 384 valence electrons. The van der Waals surface area contributed by atoms with Gasteiger partial charge < -0.3 is 14.2 Å². The first-order valence-corrected chi connectivity index (χ1v) is 28.1. The summed E-state index contributed by atoms with van der Waals surface area (Å²) in [5, 5.41) is 0. The predicted molar refractivity (Wildman–Crippen MR) is 288 cm³/mol. The van der Waals surface area contributed by atoms with E-state index in [9.17, 15) is 14.4 Å². The fraction of sp³-hybridized carbons (Fsp3) is 0.721. The van der Waals surface area contributed by atoms with Crippen LogP contribution >= 0.6 is 0 Å². The summed E-state index contributed by atoms with van der Waals surface area (Å²) in [4.78, 5) is 38.1. The van der Waals surface area contributed by atoms with Gasteiger partial charge in [-0.25, -0.2) is 0 Å². The Labute approximate surface area is 414 Å². The van der Waals surface area contributed by atoms with Crippen LogP contribution in [-0.2, 0) is 28.6 Å². The molecule has 0 unspecified atom stereocenters. The summed E-state index contributed by atoms with van der Waals surface area (Å²) in [5.74, 6) is -0.925. The standard InChI is InChI=1S/C61H104O6/c1-4-7-10-13-16-19-22-25-27-29-30-32-33-36-39-42-45-48-51-54-60(63)66-57-58(56-65-59(62)53-50-47-44-41-38-35-24-21-18-15-12-9-6-3)67-61(64)55-52-49-46-43-40-37-34-31-28-26-23-20-17-14-11-8-5-2/h7,10,16-17,19-20,25-28,30,32,36,39,58H,4-6,8-9,11-15,18,21-24,29,31,33-35,37-38,40-57H2,1-3H3/b10-7-,19-16-,20-17-,27-25-,28-26-,32-30-,39-36-/t58-/m1/s1. The molecule has 0 aliphatic heterocycles. The van der Waals surface area contributed by atoms with Crippen LogP contribution in [0.25, 0.3) is 0 Å². The number of hydrogen-bond acceptors (Lipinski definition) is 6. The first kappa shape index (κ1) is 63.6. The molecule has 0 aliphatic carbocycles. The molecule has 0 aromatic carbocycles. The zero-order valence-corrected chi connectivity index (χ0v) is 43.9. The van der Waals surface area contributed by atoms with Gasteiger partial charge in [-0.3, -0.25) is 14.4 Å². The summed E-state index contributed by atoms with van der Waals surface area (Å²) < 4.78 is 16.8. The van der Waals surface area contributed by atoms with Crippen LogP contribution in [0.15, 0.2) is 85.1 Å². The van der Waals surface area contributed by atoms with E-state index < -0.39 is 6.10 Å². The van der Waals surface area contributed by atoms with E-state index in [4.69, 9.17) is 14.2 Å². The summed E-state index contributed by atoms with van der Waals surface area (Å²) in [6.07, 6.45) is 71.3.